The van der Waals surface area contributed by atoms with Crippen LogP contribution in [0.3, 0.4) is 0 Å². The topological polar surface area (TPSA) is 95.9 Å². The van der Waals surface area contributed by atoms with Crippen LogP contribution in [-0.4, -0.2) is 47.4 Å². The average molecular weight is 1220 g/mol. The number of aliphatic hydroxyl groups is 2. The maximum Gasteiger partial charge on any atom is 0.305 e. The number of carbonyl (C=O) groups is 2. The summed E-state index contributed by atoms with van der Waals surface area (Å²) in [7, 11) is 0. The van der Waals surface area contributed by atoms with Crippen LogP contribution in [0.1, 0.15) is 418 Å². The molecule has 1 amide bonds. The summed E-state index contributed by atoms with van der Waals surface area (Å²) in [6.45, 7) is 4.87. The molecule has 0 fully saturated rings. The summed E-state index contributed by atoms with van der Waals surface area (Å²) in [5.41, 5.74) is 0. The molecule has 0 saturated heterocycles. The van der Waals surface area contributed by atoms with Gasteiger partial charge in [0.15, 0.2) is 0 Å². The molecule has 0 spiro atoms. The summed E-state index contributed by atoms with van der Waals surface area (Å²) < 4.78 is 5.48. The normalized spacial score (nSPS) is 12.8. The molecule has 3 N–H and O–H groups in total. The predicted octanol–water partition coefficient (Wildman–Crippen LogP) is 25.8. The van der Waals surface area contributed by atoms with Gasteiger partial charge in [0.1, 0.15) is 0 Å². The first-order valence-electron chi connectivity index (χ1n) is 39.1. The number of esters is 1. The largest absolute Gasteiger partial charge is 0.466 e. The molecule has 0 aromatic rings. The molecule has 0 heterocycles. The Kier molecular flexibility index (Phi) is 73.9. The van der Waals surface area contributed by atoms with E-state index in [4.69, 9.17) is 4.74 Å². The van der Waals surface area contributed by atoms with Crippen molar-refractivity contribution in [1.82, 2.24) is 5.32 Å². The summed E-state index contributed by atoms with van der Waals surface area (Å²) in [6, 6.07) is -0.628. The molecule has 510 valence electrons. The van der Waals surface area contributed by atoms with Gasteiger partial charge in [-0.25, -0.2) is 0 Å². The molecular formula is C81H151NO5. The molecule has 0 aliphatic heterocycles. The number of nitrogens with one attached hydrogen (secondary N) is 1. The third kappa shape index (κ3) is 72.5. The Morgan fingerprint density at radius 3 is 0.920 bits per heavy atom. The lowest BCUT2D eigenvalue weighted by molar-refractivity contribution is -0.143. The lowest BCUT2D eigenvalue weighted by Crippen LogP contribution is -2.45. The van der Waals surface area contributed by atoms with Crippen molar-refractivity contribution in [1.29, 1.82) is 0 Å². The lowest BCUT2D eigenvalue weighted by Gasteiger charge is -2.20. The highest BCUT2D eigenvalue weighted by Crippen LogP contribution is 2.19. The molecule has 0 saturated carbocycles. The summed E-state index contributed by atoms with van der Waals surface area (Å²) in [5.74, 6) is -0.0606. The number of unbranched alkanes of at least 4 members (excludes halogenated alkanes) is 54. The zero-order chi connectivity index (χ0) is 62.8. The molecule has 0 aliphatic carbocycles. The second-order valence-electron chi connectivity index (χ2n) is 26.7. The molecule has 0 aliphatic rings. The fourth-order valence-corrected chi connectivity index (χ4v) is 12.1. The van der Waals surface area contributed by atoms with E-state index in [1.807, 2.05) is 6.08 Å². The maximum absolute atomic E-state index is 12.5. The minimum atomic E-state index is -0.845. The second kappa shape index (κ2) is 76.0. The number of hydrogen-bond acceptors (Lipinski definition) is 5. The van der Waals surface area contributed by atoms with Crippen LogP contribution in [-0.2, 0) is 14.3 Å². The molecule has 0 radical (unpaired) electrons. The van der Waals surface area contributed by atoms with Crippen molar-refractivity contribution in [2.45, 2.75) is 431 Å². The number of aliphatic hydroxyl groups excluding tert-OH is 2. The zero-order valence-electron chi connectivity index (χ0n) is 58.5. The summed E-state index contributed by atoms with van der Waals surface area (Å²) >= 11 is 0. The monoisotopic (exact) mass is 1220 g/mol. The van der Waals surface area contributed by atoms with E-state index >= 15 is 0 Å². The maximum atomic E-state index is 12.5. The van der Waals surface area contributed by atoms with E-state index < -0.39 is 12.1 Å². The molecule has 0 aromatic heterocycles. The van der Waals surface area contributed by atoms with Gasteiger partial charge in [0, 0.05) is 12.8 Å². The van der Waals surface area contributed by atoms with Crippen molar-refractivity contribution in [3.63, 3.8) is 0 Å². The molecule has 6 nitrogen and oxygen atoms in total. The van der Waals surface area contributed by atoms with Crippen molar-refractivity contribution < 1.29 is 24.5 Å². The summed E-state index contributed by atoms with van der Waals surface area (Å²) in [6.07, 6.45) is 102. The Hall–Kier alpha value is -2.44. The van der Waals surface area contributed by atoms with Gasteiger partial charge in [0.05, 0.1) is 25.4 Å². The average Bonchev–Trinajstić information content (AvgIpc) is 3.54. The van der Waals surface area contributed by atoms with Crippen LogP contribution in [0.15, 0.2) is 60.8 Å². The van der Waals surface area contributed by atoms with Gasteiger partial charge in [-0.05, 0) is 89.9 Å². The van der Waals surface area contributed by atoms with Gasteiger partial charge >= 0.3 is 5.97 Å². The van der Waals surface area contributed by atoms with Crippen LogP contribution < -0.4 is 5.32 Å². The van der Waals surface area contributed by atoms with E-state index in [0.717, 1.165) is 57.8 Å². The van der Waals surface area contributed by atoms with Gasteiger partial charge < -0.3 is 20.3 Å². The number of allylic oxidation sites excluding steroid dienone is 9. The van der Waals surface area contributed by atoms with Gasteiger partial charge in [-0.2, -0.15) is 0 Å². The third-order valence-electron chi connectivity index (χ3n) is 18.0. The molecule has 6 heteroatoms. The SMILES string of the molecule is CCC/C=C\C/C=C\CCCCCCCC(=O)OCCCCCCCCCCCCC/C=C\C/C=C\CCCCCCCCCCCCCCCCCCCC(=O)NC(CO)C(O)/C=C/CCCCCCCCCCCCCCCCCCCCCC. The van der Waals surface area contributed by atoms with Crippen molar-refractivity contribution in [2.75, 3.05) is 13.2 Å². The number of rotatable bonds is 73. The molecular weight excluding hydrogens is 1070 g/mol. The van der Waals surface area contributed by atoms with Crippen LogP contribution in [0.2, 0.25) is 0 Å². The number of ether oxygens (including phenoxy) is 1. The van der Waals surface area contributed by atoms with E-state index in [1.165, 1.54) is 334 Å². The minimum Gasteiger partial charge on any atom is -0.466 e. The Balaban J connectivity index is 3.40. The Morgan fingerprint density at radius 2 is 0.598 bits per heavy atom. The molecule has 0 aromatic carbocycles. The highest BCUT2D eigenvalue weighted by atomic mass is 16.5. The van der Waals surface area contributed by atoms with E-state index in [-0.39, 0.29) is 18.5 Å². The van der Waals surface area contributed by atoms with Crippen molar-refractivity contribution in [3.05, 3.63) is 60.8 Å². The Labute approximate surface area is 543 Å². The van der Waals surface area contributed by atoms with Crippen molar-refractivity contribution in [3.8, 4) is 0 Å². The van der Waals surface area contributed by atoms with Gasteiger partial charge in [0.25, 0.3) is 0 Å². The molecule has 0 bridgehead atoms. The Morgan fingerprint density at radius 1 is 0.322 bits per heavy atom. The summed E-state index contributed by atoms with van der Waals surface area (Å²) in [5, 5.41) is 23.3. The fraction of sp³-hybridized carbons (Fsp3) is 0.852. The first-order valence-corrected chi connectivity index (χ1v) is 39.1. The van der Waals surface area contributed by atoms with E-state index in [1.54, 1.807) is 6.08 Å². The number of amides is 1. The number of hydrogen-bond donors (Lipinski definition) is 3. The van der Waals surface area contributed by atoms with Crippen LogP contribution in [0.5, 0.6) is 0 Å². The highest BCUT2D eigenvalue weighted by Gasteiger charge is 2.18. The second-order valence-corrected chi connectivity index (χ2v) is 26.7. The van der Waals surface area contributed by atoms with E-state index in [0.29, 0.717) is 19.4 Å². The fourth-order valence-electron chi connectivity index (χ4n) is 12.1. The molecule has 2 atom stereocenters. The lowest BCUT2D eigenvalue weighted by atomic mass is 10.0. The Bertz CT molecular complexity index is 1500. The quantitative estimate of drug-likeness (QED) is 0.0320. The first-order chi connectivity index (χ1) is 43.0. The van der Waals surface area contributed by atoms with E-state index in [9.17, 15) is 19.8 Å². The highest BCUT2D eigenvalue weighted by molar-refractivity contribution is 5.76. The van der Waals surface area contributed by atoms with Crippen molar-refractivity contribution >= 4 is 11.9 Å². The van der Waals surface area contributed by atoms with Gasteiger partial charge in [0.2, 0.25) is 5.91 Å². The standard InChI is InChI=1S/C81H151NO5/c1-3-5-7-9-11-13-15-17-18-19-20-21-37-40-43-46-50-53-57-61-65-69-73-79(84)78(77-83)82-80(85)74-70-66-62-58-54-51-47-44-41-38-35-33-31-29-27-25-23-22-24-26-28-30-32-34-36-39-42-45-48-52-56-60-64-68-72-76-87-81(86)75-71-67-63-59-55-49-16-14-12-10-8-6-4-2/h8,10,14,16,24,26,30,32,69,73,78-79,83-84H,3-7,9,11-13,15,17-23,25,27-29,31,33-68,70-72,74-77H2,1-2H3,(H,82,85)/b10-8-,16-14-,26-24-,32-30-,73-69+. The summed E-state index contributed by atoms with van der Waals surface area (Å²) in [4.78, 5) is 24.6. The predicted molar refractivity (Wildman–Crippen MR) is 384 cm³/mol. The molecule has 2 unspecified atom stereocenters. The number of carbonyl (C=O) groups excluding carboxylic acids is 2. The first kappa shape index (κ1) is 84.6. The molecule has 0 rings (SSSR count). The van der Waals surface area contributed by atoms with Crippen LogP contribution in [0.4, 0.5) is 0 Å². The van der Waals surface area contributed by atoms with Gasteiger partial charge in [-0.3, -0.25) is 9.59 Å². The van der Waals surface area contributed by atoms with Gasteiger partial charge in [-0.1, -0.05) is 376 Å². The third-order valence-corrected chi connectivity index (χ3v) is 18.0. The smallest absolute Gasteiger partial charge is 0.305 e. The minimum absolute atomic E-state index is 0.00118. The van der Waals surface area contributed by atoms with Crippen molar-refractivity contribution in [2.24, 2.45) is 0 Å². The zero-order valence-corrected chi connectivity index (χ0v) is 58.5. The van der Waals surface area contributed by atoms with E-state index in [2.05, 4.69) is 67.8 Å². The van der Waals surface area contributed by atoms with Crippen LogP contribution in [0.25, 0.3) is 0 Å². The van der Waals surface area contributed by atoms with Crippen LogP contribution in [0, 0.1) is 0 Å². The van der Waals surface area contributed by atoms with Crippen LogP contribution >= 0.6 is 0 Å². The van der Waals surface area contributed by atoms with Gasteiger partial charge in [-0.15, -0.1) is 0 Å². The molecule has 87 heavy (non-hydrogen) atoms.